The highest BCUT2D eigenvalue weighted by Gasteiger charge is 2.19. The summed E-state index contributed by atoms with van der Waals surface area (Å²) in [7, 11) is 0. The number of carbonyl (C=O) groups excluding carboxylic acids is 1. The topological polar surface area (TPSA) is 26.3 Å². The standard InChI is InChI=1S/C11H20F2O2S/c1-10(14)15-7-9-16-8-5-3-4-6-11(2,12)13/h3-9H2,1-2H3. The molecule has 0 aromatic carbocycles. The van der Waals surface area contributed by atoms with Crippen LogP contribution in [0.2, 0.25) is 0 Å². The van der Waals surface area contributed by atoms with Crippen LogP contribution in [0.5, 0.6) is 0 Å². The lowest BCUT2D eigenvalue weighted by Crippen LogP contribution is -2.08. The van der Waals surface area contributed by atoms with Gasteiger partial charge in [0.15, 0.2) is 0 Å². The minimum absolute atomic E-state index is 0.0227. The Bertz CT molecular complexity index is 193. The lowest BCUT2D eigenvalue weighted by atomic mass is 10.1. The number of unbranched alkanes of at least 4 members (excludes halogenated alkanes) is 2. The van der Waals surface area contributed by atoms with Gasteiger partial charge in [-0.15, -0.1) is 0 Å². The predicted octanol–water partition coefficient (Wildman–Crippen LogP) is 3.50. The maximum absolute atomic E-state index is 12.4. The lowest BCUT2D eigenvalue weighted by Gasteiger charge is -2.08. The van der Waals surface area contributed by atoms with Gasteiger partial charge in [0.05, 0.1) is 0 Å². The highest BCUT2D eigenvalue weighted by Crippen LogP contribution is 2.20. The smallest absolute Gasteiger partial charge is 0.302 e. The van der Waals surface area contributed by atoms with E-state index in [1.54, 1.807) is 11.8 Å². The lowest BCUT2D eigenvalue weighted by molar-refractivity contribution is -0.140. The van der Waals surface area contributed by atoms with E-state index < -0.39 is 5.92 Å². The molecule has 2 nitrogen and oxygen atoms in total. The van der Waals surface area contributed by atoms with Gasteiger partial charge in [0.25, 0.3) is 0 Å². The van der Waals surface area contributed by atoms with Crippen molar-refractivity contribution in [2.75, 3.05) is 18.1 Å². The summed E-state index contributed by atoms with van der Waals surface area (Å²) >= 11 is 1.69. The molecular weight excluding hydrogens is 234 g/mol. The Hall–Kier alpha value is -0.320. The minimum atomic E-state index is -2.53. The van der Waals surface area contributed by atoms with Gasteiger partial charge in [0.1, 0.15) is 6.61 Å². The van der Waals surface area contributed by atoms with Gasteiger partial charge < -0.3 is 4.74 Å². The van der Waals surface area contributed by atoms with E-state index in [1.165, 1.54) is 6.92 Å². The van der Waals surface area contributed by atoms with Gasteiger partial charge in [-0.25, -0.2) is 8.78 Å². The van der Waals surface area contributed by atoms with Crippen molar-refractivity contribution in [2.45, 2.75) is 45.5 Å². The quantitative estimate of drug-likeness (QED) is 0.465. The molecule has 0 atom stereocenters. The molecule has 0 radical (unpaired) electrons. The summed E-state index contributed by atoms with van der Waals surface area (Å²) in [4.78, 5) is 10.4. The molecule has 5 heteroatoms. The third-order valence-corrected chi connectivity index (χ3v) is 2.97. The third kappa shape index (κ3) is 13.7. The summed E-state index contributed by atoms with van der Waals surface area (Å²) < 4.78 is 29.6. The molecule has 0 unspecified atom stereocenters. The number of carbonyl (C=O) groups is 1. The molecule has 0 N–H and O–H groups in total. The molecule has 0 saturated carbocycles. The van der Waals surface area contributed by atoms with Crippen LogP contribution in [-0.4, -0.2) is 30.0 Å². The van der Waals surface area contributed by atoms with E-state index in [1.807, 2.05) is 0 Å². The first-order chi connectivity index (χ1) is 7.42. The van der Waals surface area contributed by atoms with E-state index in [2.05, 4.69) is 0 Å². The van der Waals surface area contributed by atoms with Gasteiger partial charge in [-0.2, -0.15) is 11.8 Å². The number of alkyl halides is 2. The van der Waals surface area contributed by atoms with Crippen LogP contribution in [0.25, 0.3) is 0 Å². The van der Waals surface area contributed by atoms with Crippen molar-refractivity contribution in [1.29, 1.82) is 0 Å². The molecule has 0 aliphatic carbocycles. The third-order valence-electron chi connectivity index (χ3n) is 1.94. The van der Waals surface area contributed by atoms with Crippen molar-refractivity contribution in [2.24, 2.45) is 0 Å². The maximum Gasteiger partial charge on any atom is 0.302 e. The second kappa shape index (κ2) is 8.79. The van der Waals surface area contributed by atoms with Crippen molar-refractivity contribution < 1.29 is 18.3 Å². The zero-order valence-electron chi connectivity index (χ0n) is 9.93. The first kappa shape index (κ1) is 15.7. The molecule has 0 fully saturated rings. The number of thioether (sulfide) groups is 1. The monoisotopic (exact) mass is 254 g/mol. The van der Waals surface area contributed by atoms with E-state index in [-0.39, 0.29) is 12.4 Å². The molecule has 0 bridgehead atoms. The van der Waals surface area contributed by atoms with Crippen LogP contribution in [0, 0.1) is 0 Å². The number of hydrogen-bond donors (Lipinski definition) is 0. The molecule has 0 aliphatic rings. The van der Waals surface area contributed by atoms with Crippen molar-refractivity contribution in [3.8, 4) is 0 Å². The molecule has 0 rings (SSSR count). The summed E-state index contributed by atoms with van der Waals surface area (Å²) in [5.74, 6) is -1.06. The Labute approximate surface area is 100 Å². The van der Waals surface area contributed by atoms with Crippen LogP contribution in [0.3, 0.4) is 0 Å². The van der Waals surface area contributed by atoms with Crippen molar-refractivity contribution in [3.05, 3.63) is 0 Å². The average molecular weight is 254 g/mol. The van der Waals surface area contributed by atoms with Crippen molar-refractivity contribution in [3.63, 3.8) is 0 Å². The number of hydrogen-bond acceptors (Lipinski definition) is 3. The largest absolute Gasteiger partial charge is 0.465 e. The van der Waals surface area contributed by atoms with Crippen LogP contribution in [-0.2, 0) is 9.53 Å². The Kier molecular flexibility index (Phi) is 8.61. The molecular formula is C11H20F2O2S. The molecule has 0 saturated heterocycles. The molecule has 0 aliphatic heterocycles. The van der Waals surface area contributed by atoms with E-state index in [9.17, 15) is 13.6 Å². The fraction of sp³-hybridized carbons (Fsp3) is 0.909. The predicted molar refractivity (Wildman–Crippen MR) is 63.0 cm³/mol. The fourth-order valence-corrected chi connectivity index (χ4v) is 1.98. The Morgan fingerprint density at radius 3 is 2.50 bits per heavy atom. The van der Waals surface area contributed by atoms with Crippen molar-refractivity contribution >= 4 is 17.7 Å². The van der Waals surface area contributed by atoms with Crippen LogP contribution in [0.4, 0.5) is 8.78 Å². The van der Waals surface area contributed by atoms with Crippen LogP contribution in [0.15, 0.2) is 0 Å². The van der Waals surface area contributed by atoms with E-state index >= 15 is 0 Å². The van der Waals surface area contributed by atoms with Gasteiger partial charge in [0, 0.05) is 19.1 Å². The van der Waals surface area contributed by atoms with Crippen LogP contribution in [0.1, 0.15) is 39.5 Å². The van der Waals surface area contributed by atoms with E-state index in [0.29, 0.717) is 13.0 Å². The van der Waals surface area contributed by atoms with Gasteiger partial charge in [0.2, 0.25) is 5.92 Å². The molecule has 0 aromatic rings. The van der Waals surface area contributed by atoms with Crippen molar-refractivity contribution in [1.82, 2.24) is 0 Å². The van der Waals surface area contributed by atoms with Gasteiger partial charge in [-0.05, 0) is 25.5 Å². The van der Waals surface area contributed by atoms with E-state index in [4.69, 9.17) is 4.74 Å². The van der Waals surface area contributed by atoms with Gasteiger partial charge in [-0.3, -0.25) is 4.79 Å². The first-order valence-electron chi connectivity index (χ1n) is 5.51. The fourth-order valence-electron chi connectivity index (χ4n) is 1.16. The zero-order chi connectivity index (χ0) is 12.4. The van der Waals surface area contributed by atoms with Gasteiger partial charge >= 0.3 is 5.97 Å². The Morgan fingerprint density at radius 1 is 1.25 bits per heavy atom. The average Bonchev–Trinajstić information content (AvgIpc) is 2.13. The summed E-state index contributed by atoms with van der Waals surface area (Å²) in [6.45, 7) is 2.78. The number of halogens is 2. The van der Waals surface area contributed by atoms with Gasteiger partial charge in [-0.1, -0.05) is 6.42 Å². The second-order valence-electron chi connectivity index (χ2n) is 3.83. The summed E-state index contributed by atoms with van der Waals surface area (Å²) in [5.41, 5.74) is 0. The molecule has 0 heterocycles. The normalized spacial score (nSPS) is 11.5. The zero-order valence-corrected chi connectivity index (χ0v) is 10.7. The summed E-state index contributed by atoms with van der Waals surface area (Å²) in [6, 6.07) is 0. The molecule has 96 valence electrons. The van der Waals surface area contributed by atoms with Crippen LogP contribution >= 0.6 is 11.8 Å². The highest BCUT2D eigenvalue weighted by molar-refractivity contribution is 7.99. The molecule has 0 spiro atoms. The number of ether oxygens (including phenoxy) is 1. The summed E-state index contributed by atoms with van der Waals surface area (Å²) in [5, 5.41) is 0. The highest BCUT2D eigenvalue weighted by atomic mass is 32.2. The molecule has 16 heavy (non-hydrogen) atoms. The van der Waals surface area contributed by atoms with Crippen LogP contribution < -0.4 is 0 Å². The summed E-state index contributed by atoms with van der Waals surface area (Å²) in [6.07, 6.45) is 2.34. The molecule has 0 aromatic heterocycles. The van der Waals surface area contributed by atoms with E-state index in [0.717, 1.165) is 31.3 Å². The number of rotatable bonds is 9. The number of esters is 1. The maximum atomic E-state index is 12.4. The SMILES string of the molecule is CC(=O)OCCSCCCCCC(C)(F)F. The second-order valence-corrected chi connectivity index (χ2v) is 5.06. The Morgan fingerprint density at radius 2 is 1.94 bits per heavy atom. The Balaban J connectivity index is 3.07. The molecule has 0 amide bonds. The minimum Gasteiger partial charge on any atom is -0.465 e. The first-order valence-corrected chi connectivity index (χ1v) is 6.66.